The molecule has 2 aromatic carbocycles. The summed E-state index contributed by atoms with van der Waals surface area (Å²) in [6, 6.07) is 12.7. The molecule has 0 heterocycles. The monoisotopic (exact) mass is 334 g/mol. The third-order valence-corrected chi connectivity index (χ3v) is 3.38. The molecule has 0 bridgehead atoms. The van der Waals surface area contributed by atoms with Crippen LogP contribution in [0.4, 0.5) is 0 Å². The number of hydrogen-bond acceptors (Lipinski definition) is 4. The summed E-state index contributed by atoms with van der Waals surface area (Å²) in [4.78, 5) is 44.7. The second-order valence-corrected chi connectivity index (χ2v) is 5.13. The minimum absolute atomic E-state index is 0.389. The summed E-state index contributed by atoms with van der Waals surface area (Å²) in [5, 5.41) is 9.25. The molecule has 0 saturated carbocycles. The van der Waals surface area contributed by atoms with Gasteiger partial charge in [-0.05, 0) is 23.3 Å². The fourth-order valence-electron chi connectivity index (χ4n) is 2.02. The van der Waals surface area contributed by atoms with Gasteiger partial charge in [-0.25, -0.2) is 4.79 Å². The van der Waals surface area contributed by atoms with Crippen LogP contribution in [0.1, 0.15) is 31.8 Å². The molecule has 25 heavy (non-hydrogen) atoms. The van der Waals surface area contributed by atoms with Crippen molar-refractivity contribution < 1.29 is 24.3 Å². The van der Waals surface area contributed by atoms with Crippen LogP contribution in [0.3, 0.4) is 0 Å². The van der Waals surface area contributed by atoms with Gasteiger partial charge in [0, 0.05) is 11.1 Å². The Labute approximate surface area is 143 Å². The number of aliphatic carboxylic acids is 1. The lowest BCUT2D eigenvalue weighted by Crippen LogP contribution is -2.09. The summed E-state index contributed by atoms with van der Waals surface area (Å²) >= 11 is 0. The molecule has 0 saturated heterocycles. The first-order chi connectivity index (χ1) is 12.0. The average Bonchev–Trinajstić information content (AvgIpc) is 2.64. The molecule has 0 amide bonds. The molecule has 5 nitrogen and oxygen atoms in total. The first-order valence-corrected chi connectivity index (χ1v) is 7.31. The first kappa shape index (κ1) is 17.7. The molecule has 5 heteroatoms. The van der Waals surface area contributed by atoms with E-state index in [1.807, 2.05) is 0 Å². The molecule has 0 aliphatic rings. The third-order valence-electron chi connectivity index (χ3n) is 3.38. The van der Waals surface area contributed by atoms with E-state index in [0.717, 1.165) is 6.08 Å². The summed E-state index contributed by atoms with van der Waals surface area (Å²) in [6.07, 6.45) is 5.27. The van der Waals surface area contributed by atoms with E-state index in [1.165, 1.54) is 24.3 Å². The number of ketones is 1. The van der Waals surface area contributed by atoms with Gasteiger partial charge < -0.3 is 5.11 Å². The van der Waals surface area contributed by atoms with Gasteiger partial charge in [0.2, 0.25) is 0 Å². The van der Waals surface area contributed by atoms with Crippen LogP contribution in [0.25, 0.3) is 12.2 Å². The van der Waals surface area contributed by atoms with E-state index in [2.05, 4.69) is 0 Å². The second-order valence-electron chi connectivity index (χ2n) is 5.13. The fourth-order valence-corrected chi connectivity index (χ4v) is 2.02. The standard InChI is InChI=1S/C20H14O5/c21-12-16-5-1-14(2-6-16)9-10-19(23)18(20(24)25)11-15-3-7-17(13-22)8-4-15/h1-13H,(H,24,25). The molecular formula is C20H14O5. The normalized spacial score (nSPS) is 11.3. The molecule has 2 aromatic rings. The van der Waals surface area contributed by atoms with E-state index < -0.39 is 11.8 Å². The van der Waals surface area contributed by atoms with Crippen molar-refractivity contribution in [3.8, 4) is 0 Å². The molecule has 0 aliphatic carbocycles. The van der Waals surface area contributed by atoms with Crippen LogP contribution in [0.5, 0.6) is 0 Å². The number of carbonyl (C=O) groups is 4. The Morgan fingerprint density at radius 1 is 0.720 bits per heavy atom. The Morgan fingerprint density at radius 2 is 1.16 bits per heavy atom. The number of benzene rings is 2. The highest BCUT2D eigenvalue weighted by molar-refractivity contribution is 6.25. The summed E-state index contributed by atoms with van der Waals surface area (Å²) in [7, 11) is 0. The lowest BCUT2D eigenvalue weighted by atomic mass is 10.0. The van der Waals surface area contributed by atoms with Crippen LogP contribution >= 0.6 is 0 Å². The summed E-state index contributed by atoms with van der Waals surface area (Å²) in [5.41, 5.74) is 1.74. The van der Waals surface area contributed by atoms with Crippen molar-refractivity contribution in [1.82, 2.24) is 0 Å². The van der Waals surface area contributed by atoms with Crippen molar-refractivity contribution in [2.24, 2.45) is 0 Å². The number of aldehydes is 2. The zero-order valence-corrected chi connectivity index (χ0v) is 13.1. The molecule has 1 N–H and O–H groups in total. The lowest BCUT2D eigenvalue weighted by Gasteiger charge is -2.00. The number of carboxylic acid groups (broad SMARTS) is 1. The molecule has 0 aromatic heterocycles. The summed E-state index contributed by atoms with van der Waals surface area (Å²) < 4.78 is 0. The van der Waals surface area contributed by atoms with E-state index in [-0.39, 0.29) is 5.57 Å². The minimum atomic E-state index is -1.34. The Morgan fingerprint density at radius 3 is 1.60 bits per heavy atom. The Hall–Kier alpha value is -3.60. The molecule has 0 unspecified atom stereocenters. The van der Waals surface area contributed by atoms with Crippen LogP contribution in [0, 0.1) is 0 Å². The Balaban J connectivity index is 2.22. The number of rotatable bonds is 7. The number of allylic oxidation sites excluding steroid dienone is 1. The Kier molecular flexibility index (Phi) is 5.90. The molecule has 2 rings (SSSR count). The van der Waals surface area contributed by atoms with Gasteiger partial charge in [-0.1, -0.05) is 54.6 Å². The molecule has 0 spiro atoms. The topological polar surface area (TPSA) is 88.5 Å². The van der Waals surface area contributed by atoms with E-state index >= 15 is 0 Å². The van der Waals surface area contributed by atoms with Gasteiger partial charge in [-0.15, -0.1) is 0 Å². The highest BCUT2D eigenvalue weighted by Gasteiger charge is 2.14. The predicted octanol–water partition coefficient (Wildman–Crippen LogP) is 3.06. The van der Waals surface area contributed by atoms with Gasteiger partial charge in [0.05, 0.1) is 0 Å². The van der Waals surface area contributed by atoms with Gasteiger partial charge >= 0.3 is 5.97 Å². The number of carboxylic acids is 1. The zero-order chi connectivity index (χ0) is 18.2. The van der Waals surface area contributed by atoms with E-state index in [9.17, 15) is 24.3 Å². The molecule has 0 aliphatic heterocycles. The summed E-state index contributed by atoms with van der Waals surface area (Å²) in [5.74, 6) is -2.00. The first-order valence-electron chi connectivity index (χ1n) is 7.31. The number of hydrogen-bond donors (Lipinski definition) is 1. The SMILES string of the molecule is O=Cc1ccc(C=CC(=O)C(=Cc2ccc(C=O)cc2)C(=O)O)cc1. The van der Waals surface area contributed by atoms with E-state index in [4.69, 9.17) is 0 Å². The van der Waals surface area contributed by atoms with Crippen LogP contribution in [0.15, 0.2) is 60.2 Å². The van der Waals surface area contributed by atoms with Crippen molar-refractivity contribution >= 4 is 36.5 Å². The maximum Gasteiger partial charge on any atom is 0.339 e. The van der Waals surface area contributed by atoms with Gasteiger partial charge in [0.1, 0.15) is 18.1 Å². The van der Waals surface area contributed by atoms with Gasteiger partial charge in [0.15, 0.2) is 5.78 Å². The number of carbonyl (C=O) groups excluding carboxylic acids is 3. The lowest BCUT2D eigenvalue weighted by molar-refractivity contribution is -0.133. The van der Waals surface area contributed by atoms with Crippen molar-refractivity contribution in [1.29, 1.82) is 0 Å². The quantitative estimate of drug-likeness (QED) is 0.364. The van der Waals surface area contributed by atoms with Crippen molar-refractivity contribution in [3.63, 3.8) is 0 Å². The molecule has 0 fully saturated rings. The second kappa shape index (κ2) is 8.31. The van der Waals surface area contributed by atoms with Gasteiger partial charge in [0.25, 0.3) is 0 Å². The van der Waals surface area contributed by atoms with Crippen LogP contribution < -0.4 is 0 Å². The van der Waals surface area contributed by atoms with Crippen molar-refractivity contribution in [2.45, 2.75) is 0 Å². The highest BCUT2D eigenvalue weighted by atomic mass is 16.4. The zero-order valence-electron chi connectivity index (χ0n) is 13.1. The predicted molar refractivity (Wildman–Crippen MR) is 93.3 cm³/mol. The fraction of sp³-hybridized carbons (Fsp3) is 0. The minimum Gasteiger partial charge on any atom is -0.478 e. The smallest absolute Gasteiger partial charge is 0.339 e. The van der Waals surface area contributed by atoms with Crippen LogP contribution in [0.2, 0.25) is 0 Å². The van der Waals surface area contributed by atoms with Gasteiger partial charge in [-0.3, -0.25) is 14.4 Å². The molecular weight excluding hydrogens is 320 g/mol. The van der Waals surface area contributed by atoms with E-state index in [1.54, 1.807) is 36.4 Å². The third kappa shape index (κ3) is 4.94. The van der Waals surface area contributed by atoms with Crippen LogP contribution in [-0.4, -0.2) is 29.4 Å². The molecule has 0 atom stereocenters. The molecule has 0 radical (unpaired) electrons. The highest BCUT2D eigenvalue weighted by Crippen LogP contribution is 2.12. The Bertz CT molecular complexity index is 856. The van der Waals surface area contributed by atoms with Crippen molar-refractivity contribution in [2.75, 3.05) is 0 Å². The van der Waals surface area contributed by atoms with E-state index in [0.29, 0.717) is 34.8 Å². The van der Waals surface area contributed by atoms with Gasteiger partial charge in [-0.2, -0.15) is 0 Å². The van der Waals surface area contributed by atoms with Crippen molar-refractivity contribution in [3.05, 3.63) is 82.4 Å². The maximum absolute atomic E-state index is 12.2. The van der Waals surface area contributed by atoms with Crippen LogP contribution in [-0.2, 0) is 9.59 Å². The average molecular weight is 334 g/mol. The summed E-state index contributed by atoms with van der Waals surface area (Å²) in [6.45, 7) is 0. The molecule has 124 valence electrons. The maximum atomic E-state index is 12.2. The largest absolute Gasteiger partial charge is 0.478 e.